The Morgan fingerprint density at radius 1 is 1.27 bits per heavy atom. The topological polar surface area (TPSA) is 60.7 Å². The Bertz CT molecular complexity index is 1060. The number of aromatic nitrogens is 3. The third-order valence-corrected chi connectivity index (χ3v) is 5.96. The average molecular weight is 431 g/mol. The molecule has 1 aliphatic heterocycles. The average Bonchev–Trinajstić information content (AvgIpc) is 3.25. The first-order chi connectivity index (χ1) is 14.0. The number of aryl methyl sites for hydroxylation is 2. The molecular weight excluding hydrogens is 400 g/mol. The zero-order valence-electron chi connectivity index (χ0n) is 18.6. The molecule has 3 heterocycles. The lowest BCUT2D eigenvalue weighted by molar-refractivity contribution is 0.0781. The predicted octanol–water partition coefficient (Wildman–Crippen LogP) is 5.64. The first kappa shape index (κ1) is 22.4. The van der Waals surface area contributed by atoms with Gasteiger partial charge in [0.1, 0.15) is 11.6 Å². The normalized spacial score (nSPS) is 15.4. The van der Waals surface area contributed by atoms with Crippen LogP contribution in [0.3, 0.4) is 0 Å². The molecule has 0 bridgehead atoms. The number of rotatable bonds is 6. The van der Waals surface area contributed by atoms with Gasteiger partial charge in [-0.3, -0.25) is 0 Å². The molecular formula is C23H31ClN4O2. The number of anilines is 1. The van der Waals surface area contributed by atoms with Crippen molar-refractivity contribution >= 4 is 23.9 Å². The second kappa shape index (κ2) is 8.82. The number of ether oxygens (including phenoxy) is 2. The first-order valence-corrected chi connectivity index (χ1v) is 10.4. The minimum atomic E-state index is -0.0164. The van der Waals surface area contributed by atoms with Crippen LogP contribution in [0.1, 0.15) is 62.2 Å². The number of hydrogen-bond acceptors (Lipinski definition) is 5. The molecule has 0 radical (unpaired) electrons. The molecule has 1 aromatic carbocycles. The molecule has 0 amide bonds. The van der Waals surface area contributed by atoms with Crippen LogP contribution in [0.2, 0.25) is 0 Å². The van der Waals surface area contributed by atoms with Gasteiger partial charge in [0.05, 0.1) is 31.2 Å². The minimum absolute atomic E-state index is 0. The molecule has 4 rings (SSSR count). The van der Waals surface area contributed by atoms with Gasteiger partial charge in [0.2, 0.25) is 0 Å². The van der Waals surface area contributed by atoms with Crippen molar-refractivity contribution < 1.29 is 9.47 Å². The summed E-state index contributed by atoms with van der Waals surface area (Å²) in [5.74, 6) is 1.87. The first-order valence-electron chi connectivity index (χ1n) is 10.4. The zero-order chi connectivity index (χ0) is 20.7. The minimum Gasteiger partial charge on any atom is -0.497 e. The maximum atomic E-state index is 5.92. The maximum absolute atomic E-state index is 5.92. The second-order valence-electron chi connectivity index (χ2n) is 7.81. The fraction of sp³-hybridized carbons (Fsp3) is 0.478. The molecule has 6 nitrogen and oxygen atoms in total. The number of nitrogens with zero attached hydrogens (tertiary/aromatic N) is 3. The van der Waals surface area contributed by atoms with E-state index >= 15 is 0 Å². The van der Waals surface area contributed by atoms with E-state index in [1.807, 2.05) is 10.6 Å². The summed E-state index contributed by atoms with van der Waals surface area (Å²) in [5, 5.41) is 8.63. The van der Waals surface area contributed by atoms with Gasteiger partial charge >= 0.3 is 0 Å². The Labute approximate surface area is 184 Å². The number of hydrogen-bond donors (Lipinski definition) is 1. The van der Waals surface area contributed by atoms with Gasteiger partial charge in [-0.1, -0.05) is 19.9 Å². The summed E-state index contributed by atoms with van der Waals surface area (Å²) in [6.45, 7) is 11.2. The standard InChI is InChI=1S/C23H30N4O2.ClH/c1-7-16(8-2)24-22-19-12-29-15(5)21(19)25-23-20(14(4)26-27(22)23)18-10-9-17(28-6)11-13(18)3;/h9-11,15-16,24H,7-8,12H2,1-6H3;1H. The fourth-order valence-corrected chi connectivity index (χ4v) is 4.16. The molecule has 162 valence electrons. The number of nitrogens with one attached hydrogen (secondary N) is 1. The monoisotopic (exact) mass is 430 g/mol. The maximum Gasteiger partial charge on any atom is 0.165 e. The van der Waals surface area contributed by atoms with Gasteiger partial charge in [-0.05, 0) is 56.9 Å². The summed E-state index contributed by atoms with van der Waals surface area (Å²) >= 11 is 0. The molecule has 1 atom stereocenters. The zero-order valence-corrected chi connectivity index (χ0v) is 19.4. The quantitative estimate of drug-likeness (QED) is 0.548. The van der Waals surface area contributed by atoms with E-state index in [0.717, 1.165) is 63.7 Å². The van der Waals surface area contributed by atoms with Crippen molar-refractivity contribution in [2.75, 3.05) is 12.4 Å². The van der Waals surface area contributed by atoms with E-state index < -0.39 is 0 Å². The molecule has 2 aromatic heterocycles. The number of fused-ring (bicyclic) bond motifs is 2. The van der Waals surface area contributed by atoms with Crippen LogP contribution in [0.5, 0.6) is 5.75 Å². The molecule has 3 aromatic rings. The smallest absolute Gasteiger partial charge is 0.165 e. The van der Waals surface area contributed by atoms with Crippen molar-refractivity contribution in [2.24, 2.45) is 0 Å². The van der Waals surface area contributed by atoms with E-state index in [1.54, 1.807) is 7.11 Å². The fourth-order valence-electron chi connectivity index (χ4n) is 4.16. The lowest BCUT2D eigenvalue weighted by atomic mass is 10.0. The summed E-state index contributed by atoms with van der Waals surface area (Å²) in [7, 11) is 1.69. The molecule has 1 aliphatic rings. The van der Waals surface area contributed by atoms with Gasteiger partial charge in [-0.25, -0.2) is 4.98 Å². The highest BCUT2D eigenvalue weighted by Crippen LogP contribution is 2.39. The summed E-state index contributed by atoms with van der Waals surface area (Å²) in [6.07, 6.45) is 2.09. The largest absolute Gasteiger partial charge is 0.497 e. The molecule has 0 spiro atoms. The van der Waals surface area contributed by atoms with Crippen LogP contribution in [-0.4, -0.2) is 27.7 Å². The van der Waals surface area contributed by atoms with Crippen molar-refractivity contribution in [3.05, 3.63) is 40.7 Å². The van der Waals surface area contributed by atoms with Gasteiger partial charge < -0.3 is 14.8 Å². The molecule has 7 heteroatoms. The molecule has 0 fully saturated rings. The third-order valence-electron chi connectivity index (χ3n) is 5.96. The lowest BCUT2D eigenvalue weighted by Crippen LogP contribution is -2.21. The van der Waals surface area contributed by atoms with Gasteiger partial charge in [-0.2, -0.15) is 9.61 Å². The van der Waals surface area contributed by atoms with Crippen LogP contribution >= 0.6 is 12.4 Å². The Morgan fingerprint density at radius 3 is 2.63 bits per heavy atom. The van der Waals surface area contributed by atoms with Crippen LogP contribution in [0, 0.1) is 13.8 Å². The lowest BCUT2D eigenvalue weighted by Gasteiger charge is -2.19. The van der Waals surface area contributed by atoms with E-state index in [1.165, 1.54) is 0 Å². The number of methoxy groups -OCH3 is 1. The van der Waals surface area contributed by atoms with E-state index in [0.29, 0.717) is 12.6 Å². The van der Waals surface area contributed by atoms with Gasteiger partial charge in [0, 0.05) is 17.2 Å². The van der Waals surface area contributed by atoms with E-state index in [2.05, 4.69) is 52.1 Å². The van der Waals surface area contributed by atoms with Crippen LogP contribution in [0.4, 0.5) is 5.82 Å². The summed E-state index contributed by atoms with van der Waals surface area (Å²) < 4.78 is 13.3. The van der Waals surface area contributed by atoms with E-state index in [9.17, 15) is 0 Å². The van der Waals surface area contributed by atoms with Crippen LogP contribution in [0.15, 0.2) is 18.2 Å². The van der Waals surface area contributed by atoms with Crippen LogP contribution in [-0.2, 0) is 11.3 Å². The summed E-state index contributed by atoms with van der Waals surface area (Å²) in [6, 6.07) is 6.53. The van der Waals surface area contributed by atoms with Gasteiger partial charge in [0.15, 0.2) is 5.65 Å². The molecule has 30 heavy (non-hydrogen) atoms. The van der Waals surface area contributed by atoms with Gasteiger partial charge in [0.25, 0.3) is 0 Å². The van der Waals surface area contributed by atoms with Crippen molar-refractivity contribution in [3.63, 3.8) is 0 Å². The number of halogens is 1. The second-order valence-corrected chi connectivity index (χ2v) is 7.81. The van der Waals surface area contributed by atoms with E-state index in [4.69, 9.17) is 19.6 Å². The summed E-state index contributed by atoms with van der Waals surface area (Å²) in [5.41, 5.74) is 7.32. The third kappa shape index (κ3) is 3.63. The summed E-state index contributed by atoms with van der Waals surface area (Å²) in [4.78, 5) is 5.04. The number of benzene rings is 1. The van der Waals surface area contributed by atoms with Crippen molar-refractivity contribution in [1.29, 1.82) is 0 Å². The predicted molar refractivity (Wildman–Crippen MR) is 123 cm³/mol. The highest BCUT2D eigenvalue weighted by molar-refractivity contribution is 5.85. The molecule has 1 N–H and O–H groups in total. The van der Waals surface area contributed by atoms with Crippen LogP contribution < -0.4 is 10.1 Å². The Morgan fingerprint density at radius 2 is 2.00 bits per heavy atom. The Balaban J connectivity index is 0.00000256. The molecule has 0 saturated carbocycles. The molecule has 0 saturated heterocycles. The Kier molecular flexibility index (Phi) is 6.58. The van der Waals surface area contributed by atoms with Crippen molar-refractivity contribution in [1.82, 2.24) is 14.6 Å². The molecule has 0 aliphatic carbocycles. The van der Waals surface area contributed by atoms with Crippen LogP contribution in [0.25, 0.3) is 16.8 Å². The molecule has 1 unspecified atom stereocenters. The van der Waals surface area contributed by atoms with Gasteiger partial charge in [-0.15, -0.1) is 12.4 Å². The van der Waals surface area contributed by atoms with Crippen molar-refractivity contribution in [3.8, 4) is 16.9 Å². The highest BCUT2D eigenvalue weighted by atomic mass is 35.5. The SMILES string of the molecule is CCC(CC)Nc1c2c(nc3c(-c4ccc(OC)cc4C)c(C)nn13)C(C)OC2.Cl. The van der Waals surface area contributed by atoms with Crippen molar-refractivity contribution in [2.45, 2.75) is 66.2 Å². The van der Waals surface area contributed by atoms with E-state index in [-0.39, 0.29) is 18.5 Å². The Hall–Kier alpha value is -2.31. The highest BCUT2D eigenvalue weighted by Gasteiger charge is 2.29.